The van der Waals surface area contributed by atoms with Crippen molar-refractivity contribution in [1.29, 1.82) is 0 Å². The quantitative estimate of drug-likeness (QED) is 0.465. The van der Waals surface area contributed by atoms with Gasteiger partial charge < -0.3 is 4.74 Å². The minimum Gasteiger partial charge on any atom is -0.461 e. The molecular formula is C21H21Cl2N3O2. The van der Waals surface area contributed by atoms with Crippen molar-refractivity contribution >= 4 is 29.2 Å². The summed E-state index contributed by atoms with van der Waals surface area (Å²) in [5.41, 5.74) is 3.10. The molecule has 3 aromatic rings. The molecule has 0 aliphatic rings. The maximum Gasteiger partial charge on any atom is 0.328 e. The number of benzene rings is 2. The molecule has 0 fully saturated rings. The van der Waals surface area contributed by atoms with Crippen molar-refractivity contribution in [2.45, 2.75) is 39.3 Å². The Bertz CT molecular complexity index is 933. The van der Waals surface area contributed by atoms with Gasteiger partial charge in [-0.05, 0) is 37.1 Å². The fourth-order valence-electron chi connectivity index (χ4n) is 2.92. The zero-order valence-electron chi connectivity index (χ0n) is 15.7. The zero-order chi connectivity index (χ0) is 20.1. The molecule has 0 saturated heterocycles. The van der Waals surface area contributed by atoms with E-state index in [1.165, 1.54) is 0 Å². The van der Waals surface area contributed by atoms with Crippen LogP contribution >= 0.6 is 23.2 Å². The van der Waals surface area contributed by atoms with Gasteiger partial charge in [0.2, 0.25) is 0 Å². The van der Waals surface area contributed by atoms with E-state index in [0.717, 1.165) is 29.7 Å². The van der Waals surface area contributed by atoms with Gasteiger partial charge in [-0.2, -0.15) is 0 Å². The lowest BCUT2D eigenvalue weighted by Gasteiger charge is -2.14. The zero-order valence-corrected chi connectivity index (χ0v) is 17.2. The van der Waals surface area contributed by atoms with E-state index in [1.54, 1.807) is 28.9 Å². The Kier molecular flexibility index (Phi) is 6.70. The molecule has 7 heteroatoms. The fraction of sp³-hybridized carbons (Fsp3) is 0.286. The van der Waals surface area contributed by atoms with Crippen molar-refractivity contribution in [3.63, 3.8) is 0 Å². The summed E-state index contributed by atoms with van der Waals surface area (Å²) in [5.74, 6) is -0.337. The Hall–Kier alpha value is -2.37. The number of rotatable bonds is 7. The van der Waals surface area contributed by atoms with Crippen LogP contribution in [-0.2, 0) is 16.1 Å². The molecule has 0 aliphatic heterocycles. The van der Waals surface area contributed by atoms with Gasteiger partial charge >= 0.3 is 5.97 Å². The van der Waals surface area contributed by atoms with Crippen LogP contribution in [0.4, 0.5) is 0 Å². The molecule has 5 nitrogen and oxygen atoms in total. The molecule has 146 valence electrons. The van der Waals surface area contributed by atoms with Crippen molar-refractivity contribution in [2.24, 2.45) is 0 Å². The van der Waals surface area contributed by atoms with Crippen LogP contribution in [0.25, 0.3) is 22.5 Å². The number of nitrogens with zero attached hydrogens (tertiary/aromatic N) is 3. The number of hydrogen-bond donors (Lipinski definition) is 0. The lowest BCUT2D eigenvalue weighted by atomic mass is 10.0. The molecule has 0 atom stereocenters. The number of ether oxygens (including phenoxy) is 1. The van der Waals surface area contributed by atoms with Crippen molar-refractivity contribution in [3.05, 3.63) is 58.6 Å². The highest BCUT2D eigenvalue weighted by Crippen LogP contribution is 2.31. The maximum absolute atomic E-state index is 12.4. The molecule has 28 heavy (non-hydrogen) atoms. The van der Waals surface area contributed by atoms with Crippen LogP contribution in [0, 0.1) is 0 Å². The van der Waals surface area contributed by atoms with Crippen LogP contribution in [0.15, 0.2) is 48.5 Å². The molecular weight excluding hydrogens is 397 g/mol. The van der Waals surface area contributed by atoms with Crippen molar-refractivity contribution < 1.29 is 9.53 Å². The van der Waals surface area contributed by atoms with Crippen molar-refractivity contribution in [2.75, 3.05) is 0 Å². The number of carbonyl (C=O) groups is 1. The standard InChI is InChI=1S/C21H21Cl2N3O2/c1-3-18(4-2)28-19(27)13-26-21(15-7-11-17(23)12-8-15)20(24-25-26)14-5-9-16(22)10-6-14/h5-12,18H,3-4,13H2,1-2H3. The van der Waals surface area contributed by atoms with Crippen molar-refractivity contribution in [1.82, 2.24) is 15.0 Å². The highest BCUT2D eigenvalue weighted by molar-refractivity contribution is 6.31. The van der Waals surface area contributed by atoms with Crippen LogP contribution < -0.4 is 0 Å². The van der Waals surface area contributed by atoms with Gasteiger partial charge in [0.05, 0.1) is 5.69 Å². The van der Waals surface area contributed by atoms with E-state index in [2.05, 4.69) is 10.3 Å². The summed E-state index contributed by atoms with van der Waals surface area (Å²) in [6, 6.07) is 14.7. The number of hydrogen-bond acceptors (Lipinski definition) is 4. The lowest BCUT2D eigenvalue weighted by Crippen LogP contribution is -2.21. The average molecular weight is 418 g/mol. The van der Waals surface area contributed by atoms with Crippen LogP contribution in [0.2, 0.25) is 10.0 Å². The van der Waals surface area contributed by atoms with Gasteiger partial charge in [0.25, 0.3) is 0 Å². The van der Waals surface area contributed by atoms with Crippen LogP contribution in [0.1, 0.15) is 26.7 Å². The predicted octanol–water partition coefficient (Wildman–Crippen LogP) is 5.65. The summed E-state index contributed by atoms with van der Waals surface area (Å²) in [6.45, 7) is 3.97. The van der Waals surface area contributed by atoms with E-state index in [4.69, 9.17) is 27.9 Å². The summed E-state index contributed by atoms with van der Waals surface area (Å²) < 4.78 is 7.09. The van der Waals surface area contributed by atoms with Gasteiger partial charge in [0, 0.05) is 21.2 Å². The SMILES string of the molecule is CCC(CC)OC(=O)Cn1nnc(-c2ccc(Cl)cc2)c1-c1ccc(Cl)cc1. The van der Waals surface area contributed by atoms with E-state index in [9.17, 15) is 4.79 Å². The lowest BCUT2D eigenvalue weighted by molar-refractivity contribution is -0.150. The van der Waals surface area contributed by atoms with Gasteiger partial charge in [-0.1, -0.05) is 66.5 Å². The minimum absolute atomic E-state index is 0.0188. The molecule has 3 rings (SSSR count). The molecule has 0 amide bonds. The minimum atomic E-state index is -0.337. The first-order valence-electron chi connectivity index (χ1n) is 9.16. The molecule has 0 saturated carbocycles. The summed E-state index contributed by atoms with van der Waals surface area (Å²) in [6.07, 6.45) is 1.46. The second kappa shape index (κ2) is 9.22. The first-order chi connectivity index (χ1) is 13.5. The smallest absolute Gasteiger partial charge is 0.328 e. The molecule has 0 bridgehead atoms. The third-order valence-corrected chi connectivity index (χ3v) is 4.96. The summed E-state index contributed by atoms with van der Waals surface area (Å²) in [5, 5.41) is 9.79. The normalized spacial score (nSPS) is 11.0. The van der Waals surface area contributed by atoms with E-state index in [0.29, 0.717) is 15.7 Å². The first kappa shape index (κ1) is 20.4. The van der Waals surface area contributed by atoms with Gasteiger partial charge in [0.1, 0.15) is 18.3 Å². The largest absolute Gasteiger partial charge is 0.461 e. The van der Waals surface area contributed by atoms with Crippen LogP contribution in [0.3, 0.4) is 0 Å². The Balaban J connectivity index is 1.99. The fourth-order valence-corrected chi connectivity index (χ4v) is 3.17. The van der Waals surface area contributed by atoms with Crippen molar-refractivity contribution in [3.8, 4) is 22.5 Å². The van der Waals surface area contributed by atoms with Gasteiger partial charge in [-0.15, -0.1) is 5.10 Å². The number of aromatic nitrogens is 3. The third kappa shape index (κ3) is 4.72. The monoisotopic (exact) mass is 417 g/mol. The molecule has 0 spiro atoms. The van der Waals surface area contributed by atoms with E-state index in [-0.39, 0.29) is 18.6 Å². The maximum atomic E-state index is 12.4. The van der Waals surface area contributed by atoms with Gasteiger partial charge in [-0.25, -0.2) is 4.68 Å². The number of esters is 1. The second-order valence-corrected chi connectivity index (χ2v) is 7.26. The van der Waals surface area contributed by atoms with Crippen LogP contribution in [0.5, 0.6) is 0 Å². The van der Waals surface area contributed by atoms with E-state index >= 15 is 0 Å². The highest BCUT2D eigenvalue weighted by atomic mass is 35.5. The second-order valence-electron chi connectivity index (χ2n) is 6.39. The summed E-state index contributed by atoms with van der Waals surface area (Å²) in [7, 11) is 0. The highest BCUT2D eigenvalue weighted by Gasteiger charge is 2.20. The van der Waals surface area contributed by atoms with Gasteiger partial charge in [-0.3, -0.25) is 4.79 Å². The topological polar surface area (TPSA) is 57.0 Å². The first-order valence-corrected chi connectivity index (χ1v) is 9.92. The summed E-state index contributed by atoms with van der Waals surface area (Å²) in [4.78, 5) is 12.4. The van der Waals surface area contributed by atoms with E-state index < -0.39 is 0 Å². The Morgan fingerprint density at radius 2 is 1.50 bits per heavy atom. The molecule has 1 heterocycles. The third-order valence-electron chi connectivity index (χ3n) is 4.46. The van der Waals surface area contributed by atoms with E-state index in [1.807, 2.05) is 38.1 Å². The molecule has 2 aromatic carbocycles. The Labute approximate surface area is 174 Å². The summed E-state index contributed by atoms with van der Waals surface area (Å²) >= 11 is 12.0. The van der Waals surface area contributed by atoms with Crippen LogP contribution in [-0.4, -0.2) is 27.1 Å². The molecule has 0 aliphatic carbocycles. The molecule has 0 N–H and O–H groups in total. The Morgan fingerprint density at radius 3 is 2.04 bits per heavy atom. The molecule has 0 radical (unpaired) electrons. The van der Waals surface area contributed by atoms with Gasteiger partial charge in [0.15, 0.2) is 0 Å². The Morgan fingerprint density at radius 1 is 0.964 bits per heavy atom. The average Bonchev–Trinajstić information content (AvgIpc) is 3.10. The number of halogens is 2. The number of carbonyl (C=O) groups excluding carboxylic acids is 1. The molecule has 1 aromatic heterocycles. The molecule has 0 unspecified atom stereocenters. The predicted molar refractivity (Wildman–Crippen MR) is 111 cm³/mol.